The highest BCUT2D eigenvalue weighted by atomic mass is 16.5. The molecule has 1 aromatic rings. The summed E-state index contributed by atoms with van der Waals surface area (Å²) in [5.74, 6) is 0.595. The topological polar surface area (TPSA) is 56.2 Å². The van der Waals surface area contributed by atoms with Crippen LogP contribution in [0.5, 0.6) is 0 Å². The third-order valence-corrected chi connectivity index (χ3v) is 3.71. The first-order valence-corrected chi connectivity index (χ1v) is 8.03. The van der Waals surface area contributed by atoms with Gasteiger partial charge in [0, 0.05) is 43.6 Å². The standard InChI is InChI=1S/C16H27N3O2/c1-4-8-19-15-7-9-21-11-13(15)14(18-19)5-6-16(20)17-10-12(2)3/h12H,4-11H2,1-3H3,(H,17,20). The summed E-state index contributed by atoms with van der Waals surface area (Å²) in [6.45, 7) is 9.46. The summed E-state index contributed by atoms with van der Waals surface area (Å²) in [5, 5.41) is 7.67. The van der Waals surface area contributed by atoms with Crippen molar-refractivity contribution in [1.82, 2.24) is 15.1 Å². The van der Waals surface area contributed by atoms with E-state index < -0.39 is 0 Å². The number of ether oxygens (including phenoxy) is 1. The molecule has 0 spiro atoms. The van der Waals surface area contributed by atoms with E-state index in [0.717, 1.165) is 38.2 Å². The number of carbonyl (C=O) groups is 1. The van der Waals surface area contributed by atoms with Crippen molar-refractivity contribution in [1.29, 1.82) is 0 Å². The molecule has 0 aliphatic carbocycles. The van der Waals surface area contributed by atoms with Crippen molar-refractivity contribution in [2.24, 2.45) is 5.92 Å². The molecule has 0 atom stereocenters. The van der Waals surface area contributed by atoms with Crippen molar-refractivity contribution < 1.29 is 9.53 Å². The molecule has 0 aromatic carbocycles. The molecule has 5 heteroatoms. The third kappa shape index (κ3) is 4.30. The second-order valence-corrected chi connectivity index (χ2v) is 6.10. The number of aryl methyl sites for hydroxylation is 2. The van der Waals surface area contributed by atoms with E-state index in [0.29, 0.717) is 25.4 Å². The zero-order chi connectivity index (χ0) is 15.2. The zero-order valence-corrected chi connectivity index (χ0v) is 13.4. The largest absolute Gasteiger partial charge is 0.376 e. The Morgan fingerprint density at radius 1 is 1.48 bits per heavy atom. The fraction of sp³-hybridized carbons (Fsp3) is 0.750. The number of fused-ring (bicyclic) bond motifs is 1. The molecule has 5 nitrogen and oxygen atoms in total. The first-order chi connectivity index (χ1) is 10.1. The summed E-state index contributed by atoms with van der Waals surface area (Å²) in [6.07, 6.45) is 3.21. The van der Waals surface area contributed by atoms with Gasteiger partial charge in [0.05, 0.1) is 18.9 Å². The lowest BCUT2D eigenvalue weighted by molar-refractivity contribution is -0.121. The van der Waals surface area contributed by atoms with Crippen molar-refractivity contribution in [2.45, 2.75) is 59.6 Å². The van der Waals surface area contributed by atoms with Gasteiger partial charge in [-0.25, -0.2) is 0 Å². The van der Waals surface area contributed by atoms with Gasteiger partial charge in [-0.05, 0) is 12.3 Å². The first-order valence-electron chi connectivity index (χ1n) is 8.03. The van der Waals surface area contributed by atoms with E-state index in [1.54, 1.807) is 0 Å². The van der Waals surface area contributed by atoms with E-state index in [9.17, 15) is 4.79 Å². The predicted octanol–water partition coefficient (Wildman–Crippen LogP) is 2.07. The van der Waals surface area contributed by atoms with Gasteiger partial charge in [-0.15, -0.1) is 0 Å². The molecule has 1 N–H and O–H groups in total. The third-order valence-electron chi connectivity index (χ3n) is 3.71. The van der Waals surface area contributed by atoms with Crippen LogP contribution in [-0.2, 0) is 35.5 Å². The maximum absolute atomic E-state index is 11.8. The van der Waals surface area contributed by atoms with Crippen LogP contribution in [0, 0.1) is 5.92 Å². The minimum absolute atomic E-state index is 0.110. The molecular weight excluding hydrogens is 266 g/mol. The minimum atomic E-state index is 0.110. The monoisotopic (exact) mass is 293 g/mol. The summed E-state index contributed by atoms with van der Waals surface area (Å²) < 4.78 is 7.67. The Morgan fingerprint density at radius 2 is 2.29 bits per heavy atom. The van der Waals surface area contributed by atoms with Gasteiger partial charge in [0.1, 0.15) is 0 Å². The number of amides is 1. The molecule has 1 aliphatic rings. The number of hydrogen-bond donors (Lipinski definition) is 1. The maximum Gasteiger partial charge on any atom is 0.220 e. The van der Waals surface area contributed by atoms with E-state index in [2.05, 4.69) is 30.8 Å². The average molecular weight is 293 g/mol. The Bertz CT molecular complexity index is 480. The molecule has 0 saturated carbocycles. The van der Waals surface area contributed by atoms with Gasteiger partial charge >= 0.3 is 0 Å². The molecule has 0 saturated heterocycles. The van der Waals surface area contributed by atoms with Gasteiger partial charge in [0.2, 0.25) is 5.91 Å². The second-order valence-electron chi connectivity index (χ2n) is 6.10. The van der Waals surface area contributed by atoms with Crippen molar-refractivity contribution in [3.63, 3.8) is 0 Å². The summed E-state index contributed by atoms with van der Waals surface area (Å²) in [4.78, 5) is 11.8. The number of rotatable bonds is 7. The van der Waals surface area contributed by atoms with Gasteiger partial charge in [-0.2, -0.15) is 5.10 Å². The molecule has 2 rings (SSSR count). The molecule has 1 amide bonds. The molecule has 0 bridgehead atoms. The van der Waals surface area contributed by atoms with Crippen LogP contribution in [0.15, 0.2) is 0 Å². The summed E-state index contributed by atoms with van der Waals surface area (Å²) in [6, 6.07) is 0. The van der Waals surface area contributed by atoms with E-state index >= 15 is 0 Å². The lowest BCUT2D eigenvalue weighted by Gasteiger charge is -2.14. The highest BCUT2D eigenvalue weighted by molar-refractivity contribution is 5.76. The Morgan fingerprint density at radius 3 is 3.00 bits per heavy atom. The molecule has 0 unspecified atom stereocenters. The van der Waals surface area contributed by atoms with Crippen molar-refractivity contribution in [3.8, 4) is 0 Å². The number of hydrogen-bond acceptors (Lipinski definition) is 3. The fourth-order valence-corrected chi connectivity index (χ4v) is 2.61. The van der Waals surface area contributed by atoms with E-state index in [-0.39, 0.29) is 5.91 Å². The first kappa shape index (κ1) is 16.0. The molecule has 0 radical (unpaired) electrons. The Balaban J connectivity index is 1.98. The minimum Gasteiger partial charge on any atom is -0.376 e. The Kier molecular flexibility index (Phi) is 5.79. The average Bonchev–Trinajstić information content (AvgIpc) is 2.82. The zero-order valence-electron chi connectivity index (χ0n) is 13.4. The predicted molar refractivity (Wildman–Crippen MR) is 82.0 cm³/mol. The van der Waals surface area contributed by atoms with Crippen LogP contribution < -0.4 is 5.32 Å². The lowest BCUT2D eigenvalue weighted by Crippen LogP contribution is -2.27. The van der Waals surface area contributed by atoms with Crippen LogP contribution in [0.2, 0.25) is 0 Å². The van der Waals surface area contributed by atoms with E-state index in [1.807, 2.05) is 0 Å². The van der Waals surface area contributed by atoms with Crippen molar-refractivity contribution in [2.75, 3.05) is 13.2 Å². The van der Waals surface area contributed by atoms with Crippen LogP contribution in [0.1, 0.15) is 50.6 Å². The van der Waals surface area contributed by atoms with Gasteiger partial charge in [0.25, 0.3) is 0 Å². The Hall–Kier alpha value is -1.36. The SMILES string of the molecule is CCCn1nc(CCC(=O)NCC(C)C)c2c1CCOC2. The molecule has 118 valence electrons. The molecule has 1 aliphatic heterocycles. The lowest BCUT2D eigenvalue weighted by atomic mass is 10.1. The van der Waals surface area contributed by atoms with Crippen molar-refractivity contribution >= 4 is 5.91 Å². The molecule has 0 fully saturated rings. The van der Waals surface area contributed by atoms with Gasteiger partial charge in [-0.1, -0.05) is 20.8 Å². The van der Waals surface area contributed by atoms with Crippen LogP contribution in [0.25, 0.3) is 0 Å². The van der Waals surface area contributed by atoms with Crippen LogP contribution in [0.3, 0.4) is 0 Å². The number of nitrogens with zero attached hydrogens (tertiary/aromatic N) is 2. The van der Waals surface area contributed by atoms with E-state index in [4.69, 9.17) is 9.84 Å². The molecular formula is C16H27N3O2. The normalized spacial score (nSPS) is 14.3. The summed E-state index contributed by atoms with van der Waals surface area (Å²) in [7, 11) is 0. The summed E-state index contributed by atoms with van der Waals surface area (Å²) >= 11 is 0. The van der Waals surface area contributed by atoms with Gasteiger partial charge < -0.3 is 10.1 Å². The number of aromatic nitrogens is 2. The van der Waals surface area contributed by atoms with E-state index in [1.165, 1.54) is 11.3 Å². The smallest absolute Gasteiger partial charge is 0.220 e. The molecule has 1 aromatic heterocycles. The summed E-state index contributed by atoms with van der Waals surface area (Å²) in [5.41, 5.74) is 3.56. The van der Waals surface area contributed by atoms with Gasteiger partial charge in [0.15, 0.2) is 0 Å². The fourth-order valence-electron chi connectivity index (χ4n) is 2.61. The number of carbonyl (C=O) groups excluding carboxylic acids is 1. The maximum atomic E-state index is 11.8. The van der Waals surface area contributed by atoms with Crippen LogP contribution in [-0.4, -0.2) is 28.8 Å². The number of nitrogens with one attached hydrogen (secondary N) is 1. The molecule has 21 heavy (non-hydrogen) atoms. The van der Waals surface area contributed by atoms with Crippen LogP contribution in [0.4, 0.5) is 0 Å². The van der Waals surface area contributed by atoms with Crippen LogP contribution >= 0.6 is 0 Å². The van der Waals surface area contributed by atoms with Gasteiger partial charge in [-0.3, -0.25) is 9.48 Å². The Labute approximate surface area is 127 Å². The quantitative estimate of drug-likeness (QED) is 0.837. The second kappa shape index (κ2) is 7.59. The highest BCUT2D eigenvalue weighted by Crippen LogP contribution is 2.22. The highest BCUT2D eigenvalue weighted by Gasteiger charge is 2.21. The van der Waals surface area contributed by atoms with Crippen molar-refractivity contribution in [3.05, 3.63) is 17.0 Å². The molecule has 2 heterocycles.